The van der Waals surface area contributed by atoms with Gasteiger partial charge in [-0.15, -0.1) is 0 Å². The summed E-state index contributed by atoms with van der Waals surface area (Å²) in [4.78, 5) is 16.8. The van der Waals surface area contributed by atoms with Gasteiger partial charge in [0.15, 0.2) is 0 Å². The van der Waals surface area contributed by atoms with Crippen molar-refractivity contribution in [1.82, 2.24) is 14.7 Å². The third-order valence-corrected chi connectivity index (χ3v) is 3.64. The standard InChI is InChI=1S/C18H18FN3O2/c1-12-7-9-22-16(11-12)21-13(2)17(22)18(23)20-8-10-24-15-5-3-14(19)4-6-15/h3-7,9,11H,8,10H2,1-2H3,(H,20,23). The molecule has 0 aliphatic rings. The van der Waals surface area contributed by atoms with Crippen LogP contribution in [0, 0.1) is 19.7 Å². The Labute approximate surface area is 139 Å². The lowest BCUT2D eigenvalue weighted by atomic mass is 10.3. The van der Waals surface area contributed by atoms with Crippen LogP contribution < -0.4 is 10.1 Å². The second-order valence-electron chi connectivity index (χ2n) is 5.54. The number of aromatic nitrogens is 2. The topological polar surface area (TPSA) is 55.6 Å². The van der Waals surface area contributed by atoms with E-state index in [4.69, 9.17) is 4.74 Å². The molecule has 0 atom stereocenters. The molecule has 0 unspecified atom stereocenters. The van der Waals surface area contributed by atoms with Gasteiger partial charge in [-0.2, -0.15) is 0 Å². The van der Waals surface area contributed by atoms with Crippen LogP contribution in [-0.2, 0) is 0 Å². The zero-order chi connectivity index (χ0) is 17.1. The van der Waals surface area contributed by atoms with Gasteiger partial charge in [-0.1, -0.05) is 0 Å². The van der Waals surface area contributed by atoms with Gasteiger partial charge in [-0.3, -0.25) is 9.20 Å². The molecular weight excluding hydrogens is 309 g/mol. The molecule has 0 aliphatic carbocycles. The Morgan fingerprint density at radius 1 is 1.25 bits per heavy atom. The van der Waals surface area contributed by atoms with E-state index in [1.807, 2.05) is 32.2 Å². The number of hydrogen-bond acceptors (Lipinski definition) is 3. The van der Waals surface area contributed by atoms with E-state index in [1.165, 1.54) is 12.1 Å². The fourth-order valence-corrected chi connectivity index (χ4v) is 2.49. The lowest BCUT2D eigenvalue weighted by Crippen LogP contribution is -2.29. The first-order chi connectivity index (χ1) is 11.5. The molecule has 24 heavy (non-hydrogen) atoms. The summed E-state index contributed by atoms with van der Waals surface area (Å²) in [6.45, 7) is 4.43. The number of nitrogens with one attached hydrogen (secondary N) is 1. The van der Waals surface area contributed by atoms with Gasteiger partial charge in [0.1, 0.15) is 29.5 Å². The van der Waals surface area contributed by atoms with Crippen molar-refractivity contribution in [2.75, 3.05) is 13.2 Å². The second kappa shape index (κ2) is 6.70. The van der Waals surface area contributed by atoms with Crippen molar-refractivity contribution in [2.24, 2.45) is 0 Å². The molecular formula is C18H18FN3O2. The summed E-state index contributed by atoms with van der Waals surface area (Å²) >= 11 is 0. The number of benzene rings is 1. The zero-order valence-corrected chi connectivity index (χ0v) is 13.5. The number of fused-ring (bicyclic) bond motifs is 1. The highest BCUT2D eigenvalue weighted by atomic mass is 19.1. The van der Waals surface area contributed by atoms with Crippen molar-refractivity contribution in [3.8, 4) is 5.75 Å². The number of ether oxygens (including phenoxy) is 1. The van der Waals surface area contributed by atoms with Gasteiger partial charge >= 0.3 is 0 Å². The fourth-order valence-electron chi connectivity index (χ4n) is 2.49. The number of imidazole rings is 1. The number of hydrogen-bond donors (Lipinski definition) is 1. The summed E-state index contributed by atoms with van der Waals surface area (Å²) in [6.07, 6.45) is 1.84. The van der Waals surface area contributed by atoms with E-state index in [1.54, 1.807) is 16.5 Å². The molecule has 0 bridgehead atoms. The smallest absolute Gasteiger partial charge is 0.270 e. The third kappa shape index (κ3) is 3.37. The molecule has 124 valence electrons. The summed E-state index contributed by atoms with van der Waals surface area (Å²) in [5.41, 5.74) is 3.04. The maximum Gasteiger partial charge on any atom is 0.270 e. The molecule has 0 fully saturated rings. The Hall–Kier alpha value is -2.89. The van der Waals surface area contributed by atoms with Crippen LogP contribution in [0.3, 0.4) is 0 Å². The second-order valence-corrected chi connectivity index (χ2v) is 5.54. The number of halogens is 1. The van der Waals surface area contributed by atoms with Crippen molar-refractivity contribution in [3.05, 3.63) is 65.4 Å². The maximum atomic E-state index is 12.8. The van der Waals surface area contributed by atoms with Crippen LogP contribution in [0.15, 0.2) is 42.6 Å². The summed E-state index contributed by atoms with van der Waals surface area (Å²) in [5.74, 6) is 0.0487. The molecule has 3 aromatic rings. The monoisotopic (exact) mass is 327 g/mol. The number of pyridine rings is 1. The van der Waals surface area contributed by atoms with Crippen molar-refractivity contribution < 1.29 is 13.9 Å². The van der Waals surface area contributed by atoms with Crippen molar-refractivity contribution >= 4 is 11.6 Å². The summed E-state index contributed by atoms with van der Waals surface area (Å²) in [5, 5.41) is 2.82. The van der Waals surface area contributed by atoms with E-state index in [0.29, 0.717) is 30.3 Å². The minimum absolute atomic E-state index is 0.202. The van der Waals surface area contributed by atoms with E-state index >= 15 is 0 Å². The van der Waals surface area contributed by atoms with E-state index < -0.39 is 0 Å². The van der Waals surface area contributed by atoms with Gasteiger partial charge in [-0.05, 0) is 55.8 Å². The van der Waals surface area contributed by atoms with Crippen LogP contribution in [0.2, 0.25) is 0 Å². The number of rotatable bonds is 5. The Morgan fingerprint density at radius 2 is 2.00 bits per heavy atom. The van der Waals surface area contributed by atoms with E-state index in [9.17, 15) is 9.18 Å². The predicted molar refractivity (Wildman–Crippen MR) is 88.9 cm³/mol. The minimum Gasteiger partial charge on any atom is -0.492 e. The van der Waals surface area contributed by atoms with Gasteiger partial charge in [0.25, 0.3) is 5.91 Å². The maximum absolute atomic E-state index is 12.8. The molecule has 2 heterocycles. The highest BCUT2D eigenvalue weighted by Crippen LogP contribution is 2.14. The van der Waals surface area contributed by atoms with Crippen LogP contribution >= 0.6 is 0 Å². The molecule has 2 aromatic heterocycles. The lowest BCUT2D eigenvalue weighted by molar-refractivity contribution is 0.0940. The van der Waals surface area contributed by atoms with Crippen molar-refractivity contribution in [1.29, 1.82) is 0 Å². The minimum atomic E-state index is -0.311. The van der Waals surface area contributed by atoms with Crippen molar-refractivity contribution in [3.63, 3.8) is 0 Å². The van der Waals surface area contributed by atoms with Crippen LogP contribution in [0.4, 0.5) is 4.39 Å². The van der Waals surface area contributed by atoms with Crippen LogP contribution in [0.5, 0.6) is 5.75 Å². The quantitative estimate of drug-likeness (QED) is 0.733. The molecule has 5 nitrogen and oxygen atoms in total. The number of amides is 1. The van der Waals surface area contributed by atoms with Crippen LogP contribution in [-0.4, -0.2) is 28.4 Å². The molecule has 1 amide bonds. The summed E-state index contributed by atoms with van der Waals surface area (Å²) in [6, 6.07) is 9.63. The van der Waals surface area contributed by atoms with Gasteiger partial charge < -0.3 is 10.1 Å². The fraction of sp³-hybridized carbons (Fsp3) is 0.222. The number of nitrogens with zero attached hydrogens (tertiary/aromatic N) is 2. The predicted octanol–water partition coefficient (Wildman–Crippen LogP) is 2.90. The normalized spacial score (nSPS) is 10.8. The molecule has 0 aliphatic heterocycles. The average molecular weight is 327 g/mol. The van der Waals surface area contributed by atoms with E-state index in [-0.39, 0.29) is 11.7 Å². The first-order valence-electron chi connectivity index (χ1n) is 7.66. The molecule has 1 aromatic carbocycles. The Morgan fingerprint density at radius 3 is 2.75 bits per heavy atom. The largest absolute Gasteiger partial charge is 0.492 e. The van der Waals surface area contributed by atoms with Crippen LogP contribution in [0.25, 0.3) is 5.65 Å². The summed E-state index contributed by atoms with van der Waals surface area (Å²) in [7, 11) is 0. The number of aryl methyl sites for hydroxylation is 2. The van der Waals surface area contributed by atoms with E-state index in [0.717, 1.165) is 11.2 Å². The highest BCUT2D eigenvalue weighted by Gasteiger charge is 2.16. The number of carbonyl (C=O) groups is 1. The lowest BCUT2D eigenvalue weighted by Gasteiger charge is -2.08. The molecule has 0 radical (unpaired) electrons. The number of carbonyl (C=O) groups excluding carboxylic acids is 1. The molecule has 1 N–H and O–H groups in total. The molecule has 0 saturated carbocycles. The average Bonchev–Trinajstić information content (AvgIpc) is 2.88. The van der Waals surface area contributed by atoms with Gasteiger partial charge in [-0.25, -0.2) is 9.37 Å². The van der Waals surface area contributed by atoms with Gasteiger partial charge in [0.05, 0.1) is 12.2 Å². The Bertz CT molecular complexity index is 872. The Kier molecular flexibility index (Phi) is 4.46. The van der Waals surface area contributed by atoms with E-state index in [2.05, 4.69) is 10.3 Å². The highest BCUT2D eigenvalue weighted by molar-refractivity contribution is 5.94. The SMILES string of the molecule is Cc1ccn2c(C(=O)NCCOc3ccc(F)cc3)c(C)nc2c1. The first-order valence-corrected chi connectivity index (χ1v) is 7.66. The van der Waals surface area contributed by atoms with Gasteiger partial charge in [0, 0.05) is 6.20 Å². The molecule has 0 saturated heterocycles. The zero-order valence-electron chi connectivity index (χ0n) is 13.5. The molecule has 0 spiro atoms. The van der Waals surface area contributed by atoms with Crippen molar-refractivity contribution in [2.45, 2.75) is 13.8 Å². The Balaban J connectivity index is 1.61. The molecule has 6 heteroatoms. The molecule has 3 rings (SSSR count). The first kappa shape index (κ1) is 16.0. The summed E-state index contributed by atoms with van der Waals surface area (Å²) < 4.78 is 20.0. The van der Waals surface area contributed by atoms with Gasteiger partial charge in [0.2, 0.25) is 0 Å². The third-order valence-electron chi connectivity index (χ3n) is 3.64. The van der Waals surface area contributed by atoms with Crippen LogP contribution in [0.1, 0.15) is 21.7 Å².